The van der Waals surface area contributed by atoms with Crippen LogP contribution in [0.15, 0.2) is 58.4 Å². The molecule has 0 amide bonds. The van der Waals surface area contributed by atoms with Crippen LogP contribution < -0.4 is 5.56 Å². The summed E-state index contributed by atoms with van der Waals surface area (Å²) in [5.74, 6) is -0.483. The number of aromatic nitrogens is 3. The van der Waals surface area contributed by atoms with Gasteiger partial charge in [0, 0.05) is 6.20 Å². The lowest BCUT2D eigenvalue weighted by molar-refractivity contribution is -0.139. The maximum atomic E-state index is 13.2. The molecule has 0 aliphatic rings. The smallest absolute Gasteiger partial charge is 0.311 e. The molecule has 2 heterocycles. The number of aromatic amines is 1. The lowest BCUT2D eigenvalue weighted by Crippen LogP contribution is -2.20. The third kappa shape index (κ3) is 4.00. The number of nitrogens with zero attached hydrogens (tertiary/aromatic N) is 3. The Morgan fingerprint density at radius 3 is 2.63 bits per heavy atom. The van der Waals surface area contributed by atoms with Crippen LogP contribution in [-0.4, -0.2) is 33.6 Å². The second kappa shape index (κ2) is 7.77. The average molecular weight is 368 g/mol. The molecule has 0 saturated carbocycles. The number of benzene rings is 1. The summed E-state index contributed by atoms with van der Waals surface area (Å²) in [4.78, 5) is 33.2. The van der Waals surface area contributed by atoms with Crippen molar-refractivity contribution in [3.05, 3.63) is 76.1 Å². The number of esters is 1. The molecule has 1 aromatic carbocycles. The third-order valence-electron chi connectivity index (χ3n) is 3.89. The van der Waals surface area contributed by atoms with Crippen LogP contribution in [0, 0.1) is 5.82 Å². The van der Waals surface area contributed by atoms with E-state index in [4.69, 9.17) is 4.74 Å². The molecule has 0 aliphatic heterocycles. The molecular weight excluding hydrogens is 351 g/mol. The molecule has 8 heteroatoms. The zero-order valence-electron chi connectivity index (χ0n) is 14.8. The van der Waals surface area contributed by atoms with Crippen molar-refractivity contribution in [1.29, 1.82) is 0 Å². The van der Waals surface area contributed by atoms with Crippen molar-refractivity contribution in [2.45, 2.75) is 13.3 Å². The van der Waals surface area contributed by atoms with E-state index in [1.54, 1.807) is 31.3 Å². The van der Waals surface area contributed by atoms with Gasteiger partial charge in [-0.25, -0.2) is 19.0 Å². The van der Waals surface area contributed by atoms with Crippen molar-refractivity contribution < 1.29 is 13.9 Å². The number of hydrogen-bond acceptors (Lipinski definition) is 5. The molecule has 0 atom stereocenters. The minimum Gasteiger partial charge on any atom is -0.469 e. The van der Waals surface area contributed by atoms with E-state index in [0.29, 0.717) is 22.9 Å². The first kappa shape index (κ1) is 18.2. The van der Waals surface area contributed by atoms with Crippen LogP contribution in [0.2, 0.25) is 0 Å². The molecule has 0 bridgehead atoms. The van der Waals surface area contributed by atoms with Gasteiger partial charge in [0.2, 0.25) is 0 Å². The summed E-state index contributed by atoms with van der Waals surface area (Å²) in [7, 11) is 1.27. The number of halogens is 1. The number of ether oxygens (including phenoxy) is 1. The Morgan fingerprint density at radius 1 is 1.26 bits per heavy atom. The van der Waals surface area contributed by atoms with Crippen LogP contribution in [0.25, 0.3) is 5.69 Å². The Morgan fingerprint density at radius 2 is 2.00 bits per heavy atom. The quantitative estimate of drug-likeness (QED) is 0.554. The van der Waals surface area contributed by atoms with Gasteiger partial charge in [0.25, 0.3) is 5.56 Å². The van der Waals surface area contributed by atoms with Gasteiger partial charge >= 0.3 is 5.97 Å². The molecule has 2 aromatic heterocycles. The van der Waals surface area contributed by atoms with E-state index in [9.17, 15) is 14.0 Å². The number of nitrogens with one attached hydrogen (secondary N) is 1. The molecule has 1 N–H and O–H groups in total. The van der Waals surface area contributed by atoms with Crippen LogP contribution in [0.5, 0.6) is 0 Å². The molecule has 0 unspecified atom stereocenters. The second-order valence-corrected chi connectivity index (χ2v) is 5.72. The van der Waals surface area contributed by atoms with Crippen molar-refractivity contribution in [3.8, 4) is 5.69 Å². The first-order chi connectivity index (χ1) is 13.0. The normalized spacial score (nSPS) is 11.4. The van der Waals surface area contributed by atoms with Crippen LogP contribution in [0.4, 0.5) is 10.2 Å². The first-order valence-corrected chi connectivity index (χ1v) is 8.13. The molecule has 0 fully saturated rings. The van der Waals surface area contributed by atoms with Gasteiger partial charge in [0.15, 0.2) is 5.82 Å². The van der Waals surface area contributed by atoms with Crippen molar-refractivity contribution in [2.24, 2.45) is 4.99 Å². The van der Waals surface area contributed by atoms with Crippen LogP contribution in [0.1, 0.15) is 18.2 Å². The SMILES string of the molecule is COC(=O)Cc1[nH]n(-c2ccc(F)cc2)c(=O)c1C(C)=Nc1ccccn1. The topological polar surface area (TPSA) is 89.3 Å². The van der Waals surface area contributed by atoms with Crippen molar-refractivity contribution in [1.82, 2.24) is 14.8 Å². The zero-order chi connectivity index (χ0) is 19.4. The summed E-state index contributed by atoms with van der Waals surface area (Å²) in [6.45, 7) is 1.66. The number of carbonyl (C=O) groups excluding carboxylic acids is 1. The molecular formula is C19H17FN4O3. The number of hydrogen-bond donors (Lipinski definition) is 1. The average Bonchev–Trinajstić information content (AvgIpc) is 2.99. The van der Waals surface area contributed by atoms with E-state index in [0.717, 1.165) is 0 Å². The Kier molecular flexibility index (Phi) is 5.25. The predicted molar refractivity (Wildman–Crippen MR) is 98.2 cm³/mol. The number of rotatable bonds is 5. The summed E-state index contributed by atoms with van der Waals surface area (Å²) in [5.41, 5.74) is 1.03. The Balaban J connectivity index is 2.13. The largest absolute Gasteiger partial charge is 0.469 e. The van der Waals surface area contributed by atoms with E-state index < -0.39 is 17.3 Å². The summed E-state index contributed by atoms with van der Waals surface area (Å²) in [6, 6.07) is 10.7. The number of carbonyl (C=O) groups is 1. The summed E-state index contributed by atoms with van der Waals surface area (Å²) < 4.78 is 19.1. The Labute approximate surface area is 154 Å². The summed E-state index contributed by atoms with van der Waals surface area (Å²) in [5, 5.41) is 2.90. The van der Waals surface area contributed by atoms with E-state index in [1.807, 2.05) is 0 Å². The molecule has 27 heavy (non-hydrogen) atoms. The van der Waals surface area contributed by atoms with Gasteiger partial charge in [-0.3, -0.25) is 14.7 Å². The molecule has 7 nitrogen and oxygen atoms in total. The molecule has 0 radical (unpaired) electrons. The van der Waals surface area contributed by atoms with Gasteiger partial charge < -0.3 is 4.74 Å². The zero-order valence-corrected chi connectivity index (χ0v) is 14.8. The van der Waals surface area contributed by atoms with Gasteiger partial charge in [-0.1, -0.05) is 6.07 Å². The number of H-pyrrole nitrogens is 1. The van der Waals surface area contributed by atoms with Gasteiger partial charge in [-0.05, 0) is 43.3 Å². The van der Waals surface area contributed by atoms with Crippen molar-refractivity contribution in [3.63, 3.8) is 0 Å². The minimum absolute atomic E-state index is 0.135. The lowest BCUT2D eigenvalue weighted by Gasteiger charge is -2.02. The molecule has 0 saturated heterocycles. The minimum atomic E-state index is -0.505. The molecule has 0 aliphatic carbocycles. The maximum Gasteiger partial charge on any atom is 0.311 e. The van der Waals surface area contributed by atoms with Crippen molar-refractivity contribution >= 4 is 17.5 Å². The van der Waals surface area contributed by atoms with E-state index in [1.165, 1.54) is 36.1 Å². The second-order valence-electron chi connectivity index (χ2n) is 5.72. The maximum absolute atomic E-state index is 13.2. The van der Waals surface area contributed by atoms with Crippen LogP contribution in [0.3, 0.4) is 0 Å². The molecule has 3 aromatic rings. The van der Waals surface area contributed by atoms with E-state index >= 15 is 0 Å². The Hall–Kier alpha value is -3.55. The summed E-state index contributed by atoms with van der Waals surface area (Å²) >= 11 is 0. The number of pyridine rings is 1. The monoisotopic (exact) mass is 368 g/mol. The fraction of sp³-hybridized carbons (Fsp3) is 0.158. The first-order valence-electron chi connectivity index (χ1n) is 8.13. The lowest BCUT2D eigenvalue weighted by atomic mass is 10.1. The number of aliphatic imine (C=N–C) groups is 1. The van der Waals surface area contributed by atoms with Gasteiger partial charge in [-0.2, -0.15) is 0 Å². The van der Waals surface area contributed by atoms with Gasteiger partial charge in [-0.15, -0.1) is 0 Å². The summed E-state index contributed by atoms with van der Waals surface area (Å²) in [6.07, 6.45) is 1.46. The predicted octanol–water partition coefficient (Wildman–Crippen LogP) is 2.56. The van der Waals surface area contributed by atoms with Crippen LogP contribution >= 0.6 is 0 Å². The van der Waals surface area contributed by atoms with E-state index in [2.05, 4.69) is 15.1 Å². The highest BCUT2D eigenvalue weighted by Crippen LogP contribution is 2.14. The van der Waals surface area contributed by atoms with Gasteiger partial charge in [0.05, 0.1) is 36.2 Å². The standard InChI is InChI=1S/C19H17FN4O3/c1-12(22-16-5-3-4-10-21-16)18-15(11-17(25)27-2)23-24(19(18)26)14-8-6-13(20)7-9-14/h3-10,23H,11H2,1-2H3. The number of methoxy groups -OCH3 is 1. The Bertz CT molecular complexity index is 1040. The highest BCUT2D eigenvalue weighted by molar-refractivity contribution is 6.01. The molecule has 0 spiro atoms. The van der Waals surface area contributed by atoms with Crippen LogP contribution in [-0.2, 0) is 16.0 Å². The highest BCUT2D eigenvalue weighted by atomic mass is 19.1. The fourth-order valence-electron chi connectivity index (χ4n) is 2.62. The van der Waals surface area contributed by atoms with Crippen molar-refractivity contribution in [2.75, 3.05) is 7.11 Å². The molecule has 138 valence electrons. The van der Waals surface area contributed by atoms with Gasteiger partial charge in [0.1, 0.15) is 5.82 Å². The fourth-order valence-corrected chi connectivity index (χ4v) is 2.62. The molecule has 3 rings (SSSR count). The van der Waals surface area contributed by atoms with E-state index in [-0.39, 0.29) is 12.0 Å². The third-order valence-corrected chi connectivity index (χ3v) is 3.89. The highest BCUT2D eigenvalue weighted by Gasteiger charge is 2.20.